The van der Waals surface area contributed by atoms with Crippen molar-refractivity contribution >= 4 is 199 Å². The number of thiocarbonyl (C=S) groups is 1. The van der Waals surface area contributed by atoms with Crippen molar-refractivity contribution in [2.24, 2.45) is 34.4 Å². The molecule has 16 nitrogen and oxygen atoms in total. The molecule has 20 N–H and O–H groups in total. The second-order valence-corrected chi connectivity index (χ2v) is 35.2. The lowest BCUT2D eigenvalue weighted by molar-refractivity contribution is -0.110. The van der Waals surface area contributed by atoms with Crippen LogP contribution in [-0.2, 0) is 83.6 Å². The minimum atomic E-state index is -0.448. The highest BCUT2D eigenvalue weighted by molar-refractivity contribution is 9.09. The molecule has 6 rings (SSSR count). The number of amidine groups is 4. The van der Waals surface area contributed by atoms with Crippen LogP contribution >= 0.6 is 174 Å². The van der Waals surface area contributed by atoms with E-state index in [1.54, 1.807) is 0 Å². The van der Waals surface area contributed by atoms with Gasteiger partial charge in [-0.05, 0) is 131 Å². The summed E-state index contributed by atoms with van der Waals surface area (Å²) in [6.07, 6.45) is 5.66. The molecule has 0 spiro atoms. The van der Waals surface area contributed by atoms with E-state index in [2.05, 4.69) is 294 Å². The van der Waals surface area contributed by atoms with Crippen molar-refractivity contribution in [3.63, 3.8) is 0 Å². The minimum Gasteiger partial charge on any atom is -1.00 e. The van der Waals surface area contributed by atoms with Crippen LogP contribution in [0.15, 0.2) is 72.8 Å². The molecule has 0 aliphatic heterocycles. The fraction of sp³-hybridized carbons (Fsp3) is 0.487. The van der Waals surface area contributed by atoms with Gasteiger partial charge in [0.2, 0.25) is 0 Å². The number of hydrogen-bond donors (Lipinski definition) is 14. The number of thiol groups is 4. The smallest absolute Gasteiger partial charge is 0.300 e. The van der Waals surface area contributed by atoms with Crippen molar-refractivity contribution in [2.45, 2.75) is 205 Å². The van der Waals surface area contributed by atoms with Gasteiger partial charge in [0.05, 0.1) is 39.6 Å². The van der Waals surface area contributed by atoms with E-state index in [1.165, 1.54) is 91.6 Å². The summed E-state index contributed by atoms with van der Waals surface area (Å²) in [5.74, 6) is 10.2. The van der Waals surface area contributed by atoms with Crippen molar-refractivity contribution in [3.8, 4) is 34.5 Å². The highest BCUT2D eigenvalue weighted by Gasteiger charge is 2.33. The van der Waals surface area contributed by atoms with Gasteiger partial charge in [-0.15, -0.1) is 0 Å². The molecular weight excluding hydrogens is 2120 g/mol. The molecule has 6 aromatic carbocycles. The summed E-state index contributed by atoms with van der Waals surface area (Å²) in [7, 11) is 0. The van der Waals surface area contributed by atoms with Crippen LogP contribution in [0, 0.1) is 0 Å². The van der Waals surface area contributed by atoms with E-state index in [-0.39, 0.29) is 83.9 Å². The average Bonchev–Trinajstić information content (AvgIpc) is 0.777. The maximum absolute atomic E-state index is 6.27. The number of rotatable bonds is 40. The third-order valence-corrected chi connectivity index (χ3v) is 24.3. The molecule has 0 heterocycles. The Hall–Kier alpha value is -1.67. The molecule has 0 radical (unpaired) electrons. The SMILES string of the molecule is CCCOc1c(CBr)cc(C(C)(C)c2cc(CBr)c(OCCC)c(CBr)c2)cc1CBr.CCCOc1c(CS)cc(C(C)(C)c2cc(CS)c(OCCC)c(CS)c2)cc1CS.CCCOc1c(CSC(N)=[NH2+])cc(C(C)(C)c2cc(CSC(N)=[NH2+])c(OCCC)c(CSC(N)=[NH2+])c2)cc1CSC(N)=[NH2+].NC(N)=S.[Br-].[Br-].[Br-].[Br-]. The summed E-state index contributed by atoms with van der Waals surface area (Å²) in [5.41, 5.74) is 52.1. The van der Waals surface area contributed by atoms with Gasteiger partial charge in [0, 0.05) is 150 Å². The van der Waals surface area contributed by atoms with Gasteiger partial charge >= 0.3 is 0 Å². The summed E-state index contributed by atoms with van der Waals surface area (Å²) in [5, 5.41) is 27.6. The number of alkyl halides is 4. The minimum absolute atomic E-state index is 0. The van der Waals surface area contributed by atoms with Gasteiger partial charge in [0.1, 0.15) is 34.5 Å². The summed E-state index contributed by atoms with van der Waals surface area (Å²) in [6.45, 7) is 30.1. The molecule has 0 saturated heterocycles. The van der Waals surface area contributed by atoms with Crippen LogP contribution in [-0.4, -0.2) is 65.4 Å². The lowest BCUT2D eigenvalue weighted by atomic mass is 9.76. The molecule has 0 bridgehead atoms. The van der Waals surface area contributed by atoms with E-state index >= 15 is 0 Å². The topological polar surface area (TPSA) is 314 Å². The summed E-state index contributed by atoms with van der Waals surface area (Å²) < 4.78 is 36.9. The summed E-state index contributed by atoms with van der Waals surface area (Å²) >= 11 is 42.6. The first-order chi connectivity index (χ1) is 51.8. The first-order valence-corrected chi connectivity index (χ1v) is 47.6. The average molecular weight is 2250 g/mol. The van der Waals surface area contributed by atoms with Crippen molar-refractivity contribution < 1.29 is 118 Å². The van der Waals surface area contributed by atoms with Crippen LogP contribution in [0.2, 0.25) is 0 Å². The monoisotopic (exact) mass is 2240 g/mol. The Morgan fingerprint density at radius 2 is 0.442 bits per heavy atom. The zero-order valence-electron chi connectivity index (χ0n) is 67.0. The molecule has 0 atom stereocenters. The molecule has 6 aromatic rings. The lowest BCUT2D eigenvalue weighted by Gasteiger charge is -2.30. The number of benzene rings is 6. The maximum atomic E-state index is 6.27. The summed E-state index contributed by atoms with van der Waals surface area (Å²) in [6, 6.07) is 26.8. The molecule has 0 aliphatic carbocycles. The van der Waals surface area contributed by atoms with Crippen molar-refractivity contribution in [1.82, 2.24) is 0 Å². The van der Waals surface area contributed by atoms with Crippen LogP contribution in [0.1, 0.15) is 222 Å². The molecule has 0 saturated carbocycles. The van der Waals surface area contributed by atoms with Gasteiger partial charge in [-0.2, -0.15) is 50.5 Å². The Morgan fingerprint density at radius 1 is 0.310 bits per heavy atom. The molecule has 0 fully saturated rings. The molecule has 0 aromatic heterocycles. The fourth-order valence-corrected chi connectivity index (χ4v) is 16.2. The van der Waals surface area contributed by atoms with Crippen molar-refractivity contribution in [2.75, 3.05) is 39.6 Å². The molecule has 636 valence electrons. The second-order valence-electron chi connectivity index (χ2n) is 27.0. The third-order valence-electron chi connectivity index (χ3n) is 17.3. The number of thioether (sulfide) groups is 4. The fourth-order valence-electron chi connectivity index (χ4n) is 11.5. The molecular formula is C80H120Br8N10O6S9. The Balaban J connectivity index is 0. The van der Waals surface area contributed by atoms with E-state index in [0.717, 1.165) is 163 Å². The van der Waals surface area contributed by atoms with Crippen LogP contribution in [0.4, 0.5) is 0 Å². The zero-order chi connectivity index (χ0) is 81.8. The number of nitrogens with two attached hydrogens (primary N) is 10. The van der Waals surface area contributed by atoms with Gasteiger partial charge in [-0.3, -0.25) is 44.6 Å². The van der Waals surface area contributed by atoms with Crippen LogP contribution in [0.3, 0.4) is 0 Å². The van der Waals surface area contributed by atoms with E-state index < -0.39 is 5.41 Å². The quantitative estimate of drug-likeness (QED) is 0.00864. The molecule has 113 heavy (non-hydrogen) atoms. The Morgan fingerprint density at radius 3 is 0.575 bits per heavy atom. The summed E-state index contributed by atoms with van der Waals surface area (Å²) in [4.78, 5) is 0. The largest absolute Gasteiger partial charge is 1.00 e. The Bertz CT molecular complexity index is 3410. The van der Waals surface area contributed by atoms with Gasteiger partial charge in [0.25, 0.3) is 20.7 Å². The highest BCUT2D eigenvalue weighted by Crippen LogP contribution is 2.46. The van der Waals surface area contributed by atoms with Crippen molar-refractivity contribution in [3.05, 3.63) is 173 Å². The standard InChI is InChI=1S/C29H44N8O2S4.C25H32Br4O2.C25H36O2S4.CH4N2S.4BrH/c1-5-7-38-23-17(13-40-25(30)31)9-21(10-18(23)14-41-26(32)33)29(3,4)22-11-19(15-42-27(34)35)24(39-8-6-2)20(12-22)16-43-28(36)37;1-5-7-30-23-17(13-26)9-21(10-18(23)14-27)25(3,4)22-11-19(15-28)24(31-8-6-2)20(12-22)16-29;1-5-7-26-23-17(13-28)9-21(10-18(23)14-29)25(3,4)22-11-19(15-30)24(27-8-6-2)20(12-22)16-31;2-1(3)4;;;;/h9-12H,5-8,13-16H2,1-4H3,(H3,30,31)(H3,32,33)(H3,34,35)(H3,36,37);9-12H,5-8,13-16H2,1-4H3;9-12,28-31H,5-8,13-16H2,1-4H3;(H4,2,3,4);4*1H. The molecule has 33 heteroatoms. The number of hydrogen-bond acceptors (Lipinski definition) is 15. The van der Waals surface area contributed by atoms with Gasteiger partial charge in [-0.1, -0.05) is 220 Å². The third kappa shape index (κ3) is 35.7. The Labute approximate surface area is 794 Å². The molecule has 0 amide bonds. The normalized spacial score (nSPS) is 10.9. The van der Waals surface area contributed by atoms with E-state index in [0.29, 0.717) is 93.1 Å². The predicted octanol–water partition coefficient (Wildman–Crippen LogP) is 2.50. The van der Waals surface area contributed by atoms with Gasteiger partial charge in [0.15, 0.2) is 5.11 Å². The second kappa shape index (κ2) is 59.1. The van der Waals surface area contributed by atoms with Gasteiger partial charge in [-0.25, -0.2) is 0 Å². The van der Waals surface area contributed by atoms with E-state index in [1.807, 2.05) is 0 Å². The van der Waals surface area contributed by atoms with Crippen molar-refractivity contribution in [1.29, 1.82) is 0 Å². The Kier molecular flexibility index (Phi) is 59.3. The molecule has 0 aliphatic rings. The van der Waals surface area contributed by atoms with E-state index in [4.69, 9.17) is 73.0 Å². The van der Waals surface area contributed by atoms with Gasteiger partial charge < -0.3 is 108 Å². The first-order valence-electron chi connectivity index (χ1n) is 36.3. The highest BCUT2D eigenvalue weighted by atomic mass is 79.9. The first kappa shape index (κ1) is 113. The predicted molar refractivity (Wildman–Crippen MR) is 502 cm³/mol. The molecule has 0 unspecified atom stereocenters. The maximum Gasteiger partial charge on any atom is 0.300 e. The van der Waals surface area contributed by atoms with Crippen LogP contribution < -0.4 is 152 Å². The van der Waals surface area contributed by atoms with Crippen LogP contribution in [0.25, 0.3) is 0 Å². The zero-order valence-corrected chi connectivity index (χ0v) is 87.3. The van der Waals surface area contributed by atoms with E-state index in [9.17, 15) is 0 Å². The van der Waals surface area contributed by atoms with Crippen LogP contribution in [0.5, 0.6) is 34.5 Å². The number of ether oxygens (including phenoxy) is 6. The lowest BCUT2D eigenvalue weighted by Crippen LogP contribution is -3.00. The number of halogens is 8.